The van der Waals surface area contributed by atoms with E-state index in [0.29, 0.717) is 6.54 Å². The van der Waals surface area contributed by atoms with E-state index in [1.165, 1.54) is 4.90 Å². The van der Waals surface area contributed by atoms with E-state index in [9.17, 15) is 19.8 Å². The second-order valence-corrected chi connectivity index (χ2v) is 5.56. The number of urea groups is 1. The zero-order valence-corrected chi connectivity index (χ0v) is 11.4. The van der Waals surface area contributed by atoms with E-state index in [4.69, 9.17) is 5.11 Å². The summed E-state index contributed by atoms with van der Waals surface area (Å²) in [6, 6.07) is -1.60. The SMILES string of the molecule is O=C(O)[C@@H]1C[C@@H](O)CN1C(=O)N1CCCCCC1CO. The number of rotatable bonds is 2. The van der Waals surface area contributed by atoms with Crippen molar-refractivity contribution in [3.63, 3.8) is 0 Å². The fourth-order valence-corrected chi connectivity index (χ4v) is 3.04. The predicted molar refractivity (Wildman–Crippen MR) is 70.2 cm³/mol. The number of likely N-dealkylation sites (tertiary alicyclic amines) is 2. The van der Waals surface area contributed by atoms with Crippen LogP contribution >= 0.6 is 0 Å². The molecule has 0 aromatic rings. The second-order valence-electron chi connectivity index (χ2n) is 5.56. The van der Waals surface area contributed by atoms with Gasteiger partial charge in [-0.2, -0.15) is 0 Å². The third-order valence-electron chi connectivity index (χ3n) is 4.14. The average molecular weight is 286 g/mol. The standard InChI is InChI=1S/C13H22N2O5/c16-8-9-4-2-1-3-5-14(9)13(20)15-7-10(17)6-11(15)12(18)19/h9-11,16-17H,1-8H2,(H,18,19)/t9?,10-,11+/m1/s1. The van der Waals surface area contributed by atoms with E-state index in [2.05, 4.69) is 0 Å². The summed E-state index contributed by atoms with van der Waals surface area (Å²) in [4.78, 5) is 26.5. The van der Waals surface area contributed by atoms with Crippen molar-refractivity contribution >= 4 is 12.0 Å². The van der Waals surface area contributed by atoms with Crippen LogP contribution < -0.4 is 0 Å². The van der Waals surface area contributed by atoms with Crippen molar-refractivity contribution in [3.05, 3.63) is 0 Å². The number of aliphatic hydroxyl groups excluding tert-OH is 2. The predicted octanol–water partition coefficient (Wildman–Crippen LogP) is -0.137. The van der Waals surface area contributed by atoms with Crippen LogP contribution in [0.4, 0.5) is 4.79 Å². The Bertz CT molecular complexity index is 376. The van der Waals surface area contributed by atoms with E-state index in [1.807, 2.05) is 0 Å². The molecule has 0 aliphatic carbocycles. The smallest absolute Gasteiger partial charge is 0.326 e. The minimum absolute atomic E-state index is 0.0461. The van der Waals surface area contributed by atoms with Crippen LogP contribution in [0.3, 0.4) is 0 Å². The van der Waals surface area contributed by atoms with E-state index < -0.39 is 18.1 Å². The number of aliphatic carboxylic acids is 1. The summed E-state index contributed by atoms with van der Waals surface area (Å²) in [6.07, 6.45) is 2.83. The highest BCUT2D eigenvalue weighted by Gasteiger charge is 2.41. The Labute approximate surface area is 117 Å². The molecule has 0 spiro atoms. The van der Waals surface area contributed by atoms with Crippen molar-refractivity contribution in [2.24, 2.45) is 0 Å². The van der Waals surface area contributed by atoms with Crippen LogP contribution in [0.25, 0.3) is 0 Å². The molecule has 0 radical (unpaired) electrons. The van der Waals surface area contributed by atoms with Gasteiger partial charge in [0.15, 0.2) is 0 Å². The van der Waals surface area contributed by atoms with Gasteiger partial charge in [-0.25, -0.2) is 9.59 Å². The van der Waals surface area contributed by atoms with Gasteiger partial charge < -0.3 is 25.1 Å². The van der Waals surface area contributed by atoms with Crippen LogP contribution in [-0.4, -0.2) is 75.0 Å². The van der Waals surface area contributed by atoms with Crippen molar-refractivity contribution < 1.29 is 24.9 Å². The molecule has 114 valence electrons. The molecule has 20 heavy (non-hydrogen) atoms. The first-order chi connectivity index (χ1) is 9.54. The Balaban J connectivity index is 2.13. The van der Waals surface area contributed by atoms with Crippen molar-refractivity contribution in [2.45, 2.75) is 50.3 Å². The zero-order chi connectivity index (χ0) is 14.7. The van der Waals surface area contributed by atoms with Gasteiger partial charge in [0.1, 0.15) is 6.04 Å². The molecule has 0 saturated carbocycles. The van der Waals surface area contributed by atoms with Gasteiger partial charge in [0.25, 0.3) is 0 Å². The van der Waals surface area contributed by atoms with Gasteiger partial charge in [0.2, 0.25) is 0 Å². The fraction of sp³-hybridized carbons (Fsp3) is 0.846. The highest BCUT2D eigenvalue weighted by atomic mass is 16.4. The number of nitrogens with zero attached hydrogens (tertiary/aromatic N) is 2. The van der Waals surface area contributed by atoms with Gasteiger partial charge in [-0.05, 0) is 12.8 Å². The van der Waals surface area contributed by atoms with Gasteiger partial charge in [-0.1, -0.05) is 12.8 Å². The van der Waals surface area contributed by atoms with Crippen LogP contribution in [0.5, 0.6) is 0 Å². The number of carbonyl (C=O) groups is 2. The Morgan fingerprint density at radius 3 is 2.55 bits per heavy atom. The summed E-state index contributed by atoms with van der Waals surface area (Å²) in [6.45, 7) is 0.466. The number of hydrogen-bond acceptors (Lipinski definition) is 4. The molecule has 1 unspecified atom stereocenters. The third-order valence-corrected chi connectivity index (χ3v) is 4.14. The average Bonchev–Trinajstić information content (AvgIpc) is 2.67. The van der Waals surface area contributed by atoms with Gasteiger partial charge in [-0.3, -0.25) is 0 Å². The Hall–Kier alpha value is -1.34. The maximum Gasteiger partial charge on any atom is 0.326 e. The summed E-state index contributed by atoms with van der Waals surface area (Å²) < 4.78 is 0. The number of carboxylic acid groups (broad SMARTS) is 1. The minimum Gasteiger partial charge on any atom is -0.480 e. The molecule has 2 amide bonds. The lowest BCUT2D eigenvalue weighted by molar-refractivity contribution is -0.141. The Morgan fingerprint density at radius 1 is 1.15 bits per heavy atom. The highest BCUT2D eigenvalue weighted by Crippen LogP contribution is 2.24. The molecule has 7 heteroatoms. The molecule has 0 bridgehead atoms. The number of amides is 2. The maximum atomic E-state index is 12.5. The van der Waals surface area contributed by atoms with Crippen LogP contribution in [0, 0.1) is 0 Å². The summed E-state index contributed by atoms with van der Waals surface area (Å²) in [7, 11) is 0. The van der Waals surface area contributed by atoms with Crippen molar-refractivity contribution in [2.75, 3.05) is 19.7 Å². The number of aliphatic hydroxyl groups is 2. The van der Waals surface area contributed by atoms with E-state index >= 15 is 0 Å². The van der Waals surface area contributed by atoms with Crippen molar-refractivity contribution in [1.82, 2.24) is 9.80 Å². The van der Waals surface area contributed by atoms with E-state index in [1.54, 1.807) is 4.90 Å². The first kappa shape index (κ1) is 15.1. The van der Waals surface area contributed by atoms with Gasteiger partial charge in [-0.15, -0.1) is 0 Å². The van der Waals surface area contributed by atoms with Gasteiger partial charge in [0.05, 0.1) is 18.8 Å². The molecular formula is C13H22N2O5. The minimum atomic E-state index is -1.09. The summed E-state index contributed by atoms with van der Waals surface area (Å²) in [5.74, 6) is -1.09. The Kier molecular flexibility index (Phi) is 4.82. The van der Waals surface area contributed by atoms with Crippen LogP contribution in [0.2, 0.25) is 0 Å². The molecule has 0 aromatic heterocycles. The van der Waals surface area contributed by atoms with Crippen molar-refractivity contribution in [1.29, 1.82) is 0 Å². The van der Waals surface area contributed by atoms with E-state index in [0.717, 1.165) is 25.7 Å². The first-order valence-corrected chi connectivity index (χ1v) is 7.13. The third kappa shape index (κ3) is 3.04. The Morgan fingerprint density at radius 2 is 1.90 bits per heavy atom. The number of β-amino-alcohol motifs (C(OH)–C–C–N with tert-alkyl or cyclic N) is 1. The van der Waals surface area contributed by atoms with E-state index in [-0.39, 0.29) is 31.6 Å². The molecule has 2 rings (SSSR count). The lowest BCUT2D eigenvalue weighted by atomic mass is 10.1. The molecule has 2 heterocycles. The van der Waals surface area contributed by atoms with Gasteiger partial charge in [0, 0.05) is 19.5 Å². The molecule has 0 aromatic carbocycles. The summed E-state index contributed by atoms with van der Waals surface area (Å²) in [5, 5.41) is 28.2. The quantitative estimate of drug-likeness (QED) is 0.656. The summed E-state index contributed by atoms with van der Waals surface area (Å²) >= 11 is 0. The van der Waals surface area contributed by atoms with Crippen LogP contribution in [0.1, 0.15) is 32.1 Å². The largest absolute Gasteiger partial charge is 0.480 e. The second kappa shape index (κ2) is 6.41. The monoisotopic (exact) mass is 286 g/mol. The number of hydrogen-bond donors (Lipinski definition) is 3. The topological polar surface area (TPSA) is 101 Å². The lowest BCUT2D eigenvalue weighted by Gasteiger charge is -2.34. The lowest BCUT2D eigenvalue weighted by Crippen LogP contribution is -2.52. The molecule has 2 saturated heterocycles. The molecular weight excluding hydrogens is 264 g/mol. The number of carboxylic acids is 1. The first-order valence-electron chi connectivity index (χ1n) is 7.13. The van der Waals surface area contributed by atoms with Crippen molar-refractivity contribution in [3.8, 4) is 0 Å². The molecule has 2 fully saturated rings. The normalized spacial score (nSPS) is 31.2. The van der Waals surface area contributed by atoms with Gasteiger partial charge >= 0.3 is 12.0 Å². The van der Waals surface area contributed by atoms with Crippen LogP contribution in [0.15, 0.2) is 0 Å². The number of carbonyl (C=O) groups excluding carboxylic acids is 1. The maximum absolute atomic E-state index is 12.5. The molecule has 7 nitrogen and oxygen atoms in total. The molecule has 3 atom stereocenters. The zero-order valence-electron chi connectivity index (χ0n) is 11.4. The highest BCUT2D eigenvalue weighted by molar-refractivity contribution is 5.83. The summed E-state index contributed by atoms with van der Waals surface area (Å²) in [5.41, 5.74) is 0. The van der Waals surface area contributed by atoms with Crippen LogP contribution in [-0.2, 0) is 4.79 Å². The molecule has 2 aliphatic heterocycles. The molecule has 3 N–H and O–H groups in total. The fourth-order valence-electron chi connectivity index (χ4n) is 3.04. The molecule has 2 aliphatic rings.